The summed E-state index contributed by atoms with van der Waals surface area (Å²) in [5.41, 5.74) is 2.53. The molecule has 0 unspecified atom stereocenters. The van der Waals surface area contributed by atoms with Gasteiger partial charge in [0.15, 0.2) is 0 Å². The Morgan fingerprint density at radius 3 is 2.65 bits per heavy atom. The van der Waals surface area contributed by atoms with Crippen LogP contribution in [0.2, 0.25) is 0 Å². The summed E-state index contributed by atoms with van der Waals surface area (Å²) in [6.45, 7) is 1.56. The van der Waals surface area contributed by atoms with E-state index in [1.54, 1.807) is 0 Å². The lowest BCUT2D eigenvalue weighted by Gasteiger charge is -2.09. The van der Waals surface area contributed by atoms with Gasteiger partial charge in [0.1, 0.15) is 12.4 Å². The quantitative estimate of drug-likeness (QED) is 0.852. The Balaban J connectivity index is 1.57. The van der Waals surface area contributed by atoms with Gasteiger partial charge in [-0.2, -0.15) is 0 Å². The lowest BCUT2D eigenvalue weighted by Crippen LogP contribution is -2.15. The van der Waals surface area contributed by atoms with Crippen molar-refractivity contribution in [2.45, 2.75) is 32.0 Å². The molecular weight excluding hydrogens is 314 g/mol. The van der Waals surface area contributed by atoms with Crippen molar-refractivity contribution in [3.63, 3.8) is 0 Å². The molecule has 0 saturated heterocycles. The average molecular weight is 332 g/mol. The van der Waals surface area contributed by atoms with Gasteiger partial charge in [0.25, 0.3) is 0 Å². The van der Waals surface area contributed by atoms with E-state index in [9.17, 15) is 0 Å². The highest BCUT2D eigenvalue weighted by atomic mass is 79.9. The Hall–Kier alpha value is -1.32. The molecule has 0 bridgehead atoms. The second-order valence-corrected chi connectivity index (χ2v) is 6.14. The third-order valence-electron chi connectivity index (χ3n) is 3.37. The molecule has 0 spiro atoms. The monoisotopic (exact) mass is 331 g/mol. The molecule has 1 saturated carbocycles. The van der Waals surface area contributed by atoms with Crippen LogP contribution in [-0.2, 0) is 13.2 Å². The number of hydrogen-bond donors (Lipinski definition) is 1. The fourth-order valence-electron chi connectivity index (χ4n) is 2.10. The van der Waals surface area contributed by atoms with Crippen LogP contribution in [0.25, 0.3) is 0 Å². The Bertz CT molecular complexity index is 581. The molecule has 2 aromatic carbocycles. The first-order valence-electron chi connectivity index (χ1n) is 6.99. The summed E-state index contributed by atoms with van der Waals surface area (Å²) in [4.78, 5) is 0. The Labute approximate surface area is 128 Å². The smallest absolute Gasteiger partial charge is 0.120 e. The highest BCUT2D eigenvalue weighted by Crippen LogP contribution is 2.20. The van der Waals surface area contributed by atoms with E-state index in [0.29, 0.717) is 6.61 Å². The Kier molecular flexibility index (Phi) is 4.38. The lowest BCUT2D eigenvalue weighted by atomic mass is 10.1. The first kappa shape index (κ1) is 13.7. The zero-order valence-electron chi connectivity index (χ0n) is 11.3. The molecule has 104 valence electrons. The molecule has 1 fully saturated rings. The van der Waals surface area contributed by atoms with Crippen molar-refractivity contribution < 1.29 is 4.74 Å². The minimum atomic E-state index is 0.605. The summed E-state index contributed by atoms with van der Waals surface area (Å²) in [6.07, 6.45) is 2.65. The molecule has 1 aliphatic carbocycles. The second kappa shape index (κ2) is 6.42. The van der Waals surface area contributed by atoms with Crippen molar-refractivity contribution in [3.8, 4) is 5.75 Å². The largest absolute Gasteiger partial charge is 0.489 e. The van der Waals surface area contributed by atoms with Crippen LogP contribution in [0, 0.1) is 0 Å². The summed E-state index contributed by atoms with van der Waals surface area (Å²) >= 11 is 3.45. The van der Waals surface area contributed by atoms with Crippen LogP contribution in [0.15, 0.2) is 53.0 Å². The molecule has 1 aliphatic rings. The summed E-state index contributed by atoms with van der Waals surface area (Å²) in [7, 11) is 0. The van der Waals surface area contributed by atoms with E-state index < -0.39 is 0 Å². The number of nitrogens with one attached hydrogen (secondary N) is 1. The van der Waals surface area contributed by atoms with E-state index in [1.165, 1.54) is 24.0 Å². The molecule has 1 N–H and O–H groups in total. The Morgan fingerprint density at radius 2 is 1.85 bits per heavy atom. The first-order chi connectivity index (χ1) is 9.79. The van der Waals surface area contributed by atoms with Gasteiger partial charge in [-0.15, -0.1) is 0 Å². The van der Waals surface area contributed by atoms with Gasteiger partial charge >= 0.3 is 0 Å². The van der Waals surface area contributed by atoms with E-state index in [4.69, 9.17) is 4.74 Å². The third kappa shape index (κ3) is 4.09. The molecule has 0 atom stereocenters. The predicted molar refractivity (Wildman–Crippen MR) is 84.8 cm³/mol. The second-order valence-electron chi connectivity index (χ2n) is 5.22. The van der Waals surface area contributed by atoms with Crippen LogP contribution in [0.5, 0.6) is 5.75 Å². The number of benzene rings is 2. The molecule has 3 heteroatoms. The number of ether oxygens (including phenoxy) is 1. The molecule has 0 radical (unpaired) electrons. The Morgan fingerprint density at radius 1 is 1.05 bits per heavy atom. The van der Waals surface area contributed by atoms with Gasteiger partial charge in [0.05, 0.1) is 0 Å². The SMILES string of the molecule is Brc1cccc(OCc2cccc(CNC3CC3)c2)c1. The van der Waals surface area contributed by atoms with Crippen LogP contribution in [0.3, 0.4) is 0 Å². The fourth-order valence-corrected chi connectivity index (χ4v) is 2.48. The van der Waals surface area contributed by atoms with Crippen LogP contribution in [0.1, 0.15) is 24.0 Å². The van der Waals surface area contributed by atoms with Gasteiger partial charge < -0.3 is 10.1 Å². The van der Waals surface area contributed by atoms with Crippen molar-refractivity contribution in [2.24, 2.45) is 0 Å². The number of halogens is 1. The standard InChI is InChI=1S/C17H18BrNO/c18-15-5-2-6-17(10-15)20-12-14-4-1-3-13(9-14)11-19-16-7-8-16/h1-6,9-10,16,19H,7-8,11-12H2. The molecule has 0 aliphatic heterocycles. The molecule has 20 heavy (non-hydrogen) atoms. The minimum absolute atomic E-state index is 0.605. The zero-order chi connectivity index (χ0) is 13.8. The minimum Gasteiger partial charge on any atom is -0.489 e. The summed E-state index contributed by atoms with van der Waals surface area (Å²) in [5, 5.41) is 3.53. The molecule has 3 rings (SSSR count). The van der Waals surface area contributed by atoms with Crippen molar-refractivity contribution in [2.75, 3.05) is 0 Å². The van der Waals surface area contributed by atoms with Gasteiger partial charge in [0.2, 0.25) is 0 Å². The molecule has 0 heterocycles. The topological polar surface area (TPSA) is 21.3 Å². The van der Waals surface area contributed by atoms with Crippen molar-refractivity contribution in [1.82, 2.24) is 5.32 Å². The van der Waals surface area contributed by atoms with Crippen molar-refractivity contribution in [3.05, 3.63) is 64.1 Å². The number of hydrogen-bond acceptors (Lipinski definition) is 2. The molecule has 2 aromatic rings. The molecular formula is C17H18BrNO. The molecule has 0 amide bonds. The van der Waals surface area contributed by atoms with Crippen molar-refractivity contribution >= 4 is 15.9 Å². The highest BCUT2D eigenvalue weighted by Gasteiger charge is 2.19. The van der Waals surface area contributed by atoms with Crippen LogP contribution < -0.4 is 10.1 Å². The van der Waals surface area contributed by atoms with Gasteiger partial charge in [-0.1, -0.05) is 46.3 Å². The van der Waals surface area contributed by atoms with Gasteiger partial charge in [-0.05, 0) is 42.2 Å². The van der Waals surface area contributed by atoms with Crippen LogP contribution >= 0.6 is 15.9 Å². The van der Waals surface area contributed by atoms with Gasteiger partial charge in [-0.3, -0.25) is 0 Å². The summed E-state index contributed by atoms with van der Waals surface area (Å²) < 4.78 is 6.85. The predicted octanol–water partition coefficient (Wildman–Crippen LogP) is 4.28. The average Bonchev–Trinajstić information content (AvgIpc) is 3.28. The first-order valence-corrected chi connectivity index (χ1v) is 7.78. The van der Waals surface area contributed by atoms with Gasteiger partial charge in [-0.25, -0.2) is 0 Å². The summed E-state index contributed by atoms with van der Waals surface area (Å²) in [6, 6.07) is 17.3. The van der Waals surface area contributed by atoms with E-state index >= 15 is 0 Å². The van der Waals surface area contributed by atoms with E-state index in [1.807, 2.05) is 24.3 Å². The number of rotatable bonds is 6. The normalized spacial score (nSPS) is 14.2. The third-order valence-corrected chi connectivity index (χ3v) is 3.86. The van der Waals surface area contributed by atoms with E-state index in [0.717, 1.165) is 22.8 Å². The summed E-state index contributed by atoms with van der Waals surface area (Å²) in [5.74, 6) is 0.890. The van der Waals surface area contributed by atoms with E-state index in [2.05, 4.69) is 45.5 Å². The maximum absolute atomic E-state index is 5.82. The maximum atomic E-state index is 5.82. The van der Waals surface area contributed by atoms with E-state index in [-0.39, 0.29) is 0 Å². The fraction of sp³-hybridized carbons (Fsp3) is 0.294. The van der Waals surface area contributed by atoms with Crippen molar-refractivity contribution in [1.29, 1.82) is 0 Å². The zero-order valence-corrected chi connectivity index (χ0v) is 12.9. The molecule has 0 aromatic heterocycles. The van der Waals surface area contributed by atoms with Gasteiger partial charge in [0, 0.05) is 17.1 Å². The highest BCUT2D eigenvalue weighted by molar-refractivity contribution is 9.10. The maximum Gasteiger partial charge on any atom is 0.120 e. The lowest BCUT2D eigenvalue weighted by molar-refractivity contribution is 0.306. The van der Waals surface area contributed by atoms with Crippen LogP contribution in [-0.4, -0.2) is 6.04 Å². The molecule has 2 nitrogen and oxygen atoms in total. The van der Waals surface area contributed by atoms with Crippen LogP contribution in [0.4, 0.5) is 0 Å².